The van der Waals surface area contributed by atoms with Crippen LogP contribution in [0.3, 0.4) is 0 Å². The molecule has 6 nitrogen and oxygen atoms in total. The Morgan fingerprint density at radius 2 is 1.81 bits per heavy atom. The number of carbonyl (C=O) groups excluding carboxylic acids is 1. The largest absolute Gasteiger partial charge is 0.345 e. The van der Waals surface area contributed by atoms with Gasteiger partial charge in [-0.05, 0) is 60.8 Å². The number of aromatic nitrogens is 1. The first-order valence-electron chi connectivity index (χ1n) is 9.02. The summed E-state index contributed by atoms with van der Waals surface area (Å²) in [6.45, 7) is 5.53. The van der Waals surface area contributed by atoms with Crippen LogP contribution in [0.1, 0.15) is 40.6 Å². The van der Waals surface area contributed by atoms with Crippen LogP contribution in [0, 0.1) is 13.8 Å². The van der Waals surface area contributed by atoms with Crippen LogP contribution in [-0.2, 0) is 10.0 Å². The van der Waals surface area contributed by atoms with Gasteiger partial charge in [-0.3, -0.25) is 4.79 Å². The summed E-state index contributed by atoms with van der Waals surface area (Å²) in [6, 6.07) is 5.88. The third-order valence-electron chi connectivity index (χ3n) is 5.30. The fourth-order valence-electron chi connectivity index (χ4n) is 3.75. The number of rotatable bonds is 4. The van der Waals surface area contributed by atoms with E-state index in [0.717, 1.165) is 20.7 Å². The number of carbonyl (C=O) groups is 1. The summed E-state index contributed by atoms with van der Waals surface area (Å²) in [6.07, 6.45) is 2.36. The highest BCUT2D eigenvalue weighted by atomic mass is 79.9. The van der Waals surface area contributed by atoms with Crippen molar-refractivity contribution in [3.63, 3.8) is 0 Å². The number of aryl methyl sites for hydroxylation is 1. The number of hydrogen-bond donors (Lipinski definition) is 0. The molecule has 1 saturated heterocycles. The molecule has 2 aliphatic rings. The van der Waals surface area contributed by atoms with Crippen molar-refractivity contribution >= 4 is 43.2 Å². The molecule has 9 heteroatoms. The molecule has 3 heterocycles. The number of amides is 1. The molecule has 0 radical (unpaired) electrons. The first-order valence-corrected chi connectivity index (χ1v) is 12.1. The Morgan fingerprint density at radius 1 is 1.15 bits per heavy atom. The molecule has 0 bridgehead atoms. The minimum Gasteiger partial charge on any atom is -0.345 e. The Hall–Kier alpha value is -1.16. The smallest absolute Gasteiger partial charge is 0.255 e. The van der Waals surface area contributed by atoms with Gasteiger partial charge in [0.15, 0.2) is 0 Å². The van der Waals surface area contributed by atoms with Crippen molar-refractivity contribution in [3.8, 4) is 0 Å². The Kier molecular flexibility index (Phi) is 4.99. The van der Waals surface area contributed by atoms with Crippen LogP contribution in [0.25, 0.3) is 0 Å². The molecule has 0 atom stereocenters. The van der Waals surface area contributed by atoms with Crippen LogP contribution >= 0.6 is 27.3 Å². The second-order valence-electron chi connectivity index (χ2n) is 7.14. The van der Waals surface area contributed by atoms with Crippen molar-refractivity contribution in [3.05, 3.63) is 38.9 Å². The van der Waals surface area contributed by atoms with Gasteiger partial charge in [0.25, 0.3) is 15.9 Å². The lowest BCUT2D eigenvalue weighted by Gasteiger charge is -2.33. The van der Waals surface area contributed by atoms with Gasteiger partial charge in [-0.15, -0.1) is 11.3 Å². The molecule has 1 aliphatic heterocycles. The number of piperazine rings is 1. The average Bonchev–Trinajstić information content (AvgIpc) is 3.29. The summed E-state index contributed by atoms with van der Waals surface area (Å²) in [5, 5.41) is 0. The summed E-state index contributed by atoms with van der Waals surface area (Å²) in [5.41, 5.74) is 2.90. The topological polar surface area (TPSA) is 62.6 Å². The number of sulfonamides is 1. The minimum atomic E-state index is -3.49. The van der Waals surface area contributed by atoms with Gasteiger partial charge >= 0.3 is 0 Å². The van der Waals surface area contributed by atoms with Crippen molar-refractivity contribution < 1.29 is 13.2 Å². The van der Waals surface area contributed by atoms with Crippen molar-refractivity contribution in [2.24, 2.45) is 0 Å². The number of thiophene rings is 1. The SMILES string of the molecule is Cc1cc(C(=O)N2CCN(S(=O)(=O)c3ccc(Br)s3)CC2)c(C)n1C1CC1. The zero-order chi connectivity index (χ0) is 19.3. The van der Waals surface area contributed by atoms with Gasteiger partial charge in [0.1, 0.15) is 4.21 Å². The lowest BCUT2D eigenvalue weighted by Crippen LogP contribution is -2.50. The summed E-state index contributed by atoms with van der Waals surface area (Å²) in [4.78, 5) is 14.8. The van der Waals surface area contributed by atoms with E-state index < -0.39 is 10.0 Å². The molecule has 1 aliphatic carbocycles. The van der Waals surface area contributed by atoms with Gasteiger partial charge in [-0.2, -0.15) is 4.31 Å². The van der Waals surface area contributed by atoms with Gasteiger partial charge in [0.05, 0.1) is 9.35 Å². The van der Waals surface area contributed by atoms with E-state index in [4.69, 9.17) is 0 Å². The van der Waals surface area contributed by atoms with Crippen LogP contribution < -0.4 is 0 Å². The Morgan fingerprint density at radius 3 is 2.37 bits per heavy atom. The van der Waals surface area contributed by atoms with E-state index in [1.54, 1.807) is 17.0 Å². The van der Waals surface area contributed by atoms with E-state index in [-0.39, 0.29) is 5.91 Å². The molecule has 146 valence electrons. The maximum Gasteiger partial charge on any atom is 0.255 e. The van der Waals surface area contributed by atoms with Gasteiger partial charge in [-0.1, -0.05) is 0 Å². The normalized spacial score (nSPS) is 18.9. The summed E-state index contributed by atoms with van der Waals surface area (Å²) in [7, 11) is -3.49. The number of hydrogen-bond acceptors (Lipinski definition) is 4. The Labute approximate surface area is 171 Å². The maximum atomic E-state index is 13.0. The summed E-state index contributed by atoms with van der Waals surface area (Å²) >= 11 is 4.52. The molecular formula is C18H22BrN3O3S2. The molecule has 1 amide bonds. The van der Waals surface area contributed by atoms with Crippen LogP contribution in [0.5, 0.6) is 0 Å². The highest BCUT2D eigenvalue weighted by Gasteiger charge is 2.33. The monoisotopic (exact) mass is 471 g/mol. The second kappa shape index (κ2) is 7.02. The lowest BCUT2D eigenvalue weighted by molar-refractivity contribution is 0.0697. The van der Waals surface area contributed by atoms with E-state index >= 15 is 0 Å². The molecule has 0 unspecified atom stereocenters. The zero-order valence-corrected chi connectivity index (χ0v) is 18.5. The second-order valence-corrected chi connectivity index (χ2v) is 11.8. The maximum absolute atomic E-state index is 13.0. The van der Waals surface area contributed by atoms with Gasteiger partial charge < -0.3 is 9.47 Å². The van der Waals surface area contributed by atoms with E-state index in [9.17, 15) is 13.2 Å². The predicted molar refractivity (Wildman–Crippen MR) is 109 cm³/mol. The molecule has 0 N–H and O–H groups in total. The van der Waals surface area contributed by atoms with Crippen LogP contribution in [-0.4, -0.2) is 54.3 Å². The lowest BCUT2D eigenvalue weighted by atomic mass is 10.2. The van der Waals surface area contributed by atoms with Crippen LogP contribution in [0.2, 0.25) is 0 Å². The molecular weight excluding hydrogens is 450 g/mol. The predicted octanol–water partition coefficient (Wildman–Crippen LogP) is 3.41. The third kappa shape index (κ3) is 3.50. The van der Waals surface area contributed by atoms with Crippen molar-refractivity contribution in [2.75, 3.05) is 26.2 Å². The quantitative estimate of drug-likeness (QED) is 0.685. The first-order chi connectivity index (χ1) is 12.8. The molecule has 2 fully saturated rings. The molecule has 2 aromatic rings. The van der Waals surface area contributed by atoms with Crippen molar-refractivity contribution in [2.45, 2.75) is 36.9 Å². The van der Waals surface area contributed by atoms with E-state index in [0.29, 0.717) is 36.4 Å². The Balaban J connectivity index is 1.46. The van der Waals surface area contributed by atoms with Crippen LogP contribution in [0.4, 0.5) is 0 Å². The van der Waals surface area contributed by atoms with E-state index in [1.807, 2.05) is 19.9 Å². The van der Waals surface area contributed by atoms with Crippen molar-refractivity contribution in [1.82, 2.24) is 13.8 Å². The van der Waals surface area contributed by atoms with Crippen molar-refractivity contribution in [1.29, 1.82) is 0 Å². The average molecular weight is 472 g/mol. The number of nitrogens with zero attached hydrogens (tertiary/aromatic N) is 3. The molecule has 0 aromatic carbocycles. The number of halogens is 1. The first kappa shape index (κ1) is 19.2. The standard InChI is InChI=1S/C18H22BrN3O3S2/c1-12-11-15(13(2)22(12)14-3-4-14)18(23)20-7-9-21(10-8-20)27(24,25)17-6-5-16(19)26-17/h5-6,11,14H,3-4,7-10H2,1-2H3. The van der Waals surface area contributed by atoms with E-state index in [1.165, 1.54) is 28.5 Å². The highest BCUT2D eigenvalue weighted by Crippen LogP contribution is 2.38. The third-order valence-corrected chi connectivity index (χ3v) is 9.29. The van der Waals surface area contributed by atoms with Crippen LogP contribution in [0.15, 0.2) is 26.2 Å². The fraction of sp³-hybridized carbons (Fsp3) is 0.500. The molecule has 4 rings (SSSR count). The Bertz CT molecular complexity index is 984. The van der Waals surface area contributed by atoms with Gasteiger partial charge in [-0.25, -0.2) is 8.42 Å². The molecule has 1 saturated carbocycles. The van der Waals surface area contributed by atoms with E-state index in [2.05, 4.69) is 20.5 Å². The fourth-order valence-corrected chi connectivity index (χ4v) is 7.34. The highest BCUT2D eigenvalue weighted by molar-refractivity contribution is 9.11. The summed E-state index contributed by atoms with van der Waals surface area (Å²) in [5.74, 6) is 0.00548. The zero-order valence-electron chi connectivity index (χ0n) is 15.3. The van der Waals surface area contributed by atoms with Gasteiger partial charge in [0.2, 0.25) is 0 Å². The van der Waals surface area contributed by atoms with Gasteiger partial charge in [0, 0.05) is 43.6 Å². The molecule has 0 spiro atoms. The minimum absolute atomic E-state index is 0.00548. The molecule has 2 aromatic heterocycles. The summed E-state index contributed by atoms with van der Waals surface area (Å²) < 4.78 is 30.3. The molecule has 27 heavy (non-hydrogen) atoms.